The molecule has 0 fully saturated rings. The maximum absolute atomic E-state index is 13.4. The molecule has 2 aromatic rings. The van der Waals surface area contributed by atoms with Gasteiger partial charge in [0.25, 0.3) is 0 Å². The first-order valence-corrected chi connectivity index (χ1v) is 10.3. The van der Waals surface area contributed by atoms with Crippen LogP contribution in [0.2, 0.25) is 0 Å². The lowest BCUT2D eigenvalue weighted by atomic mass is 10.3. The molecule has 2 rings (SSSR count). The molecule has 0 aliphatic rings. The van der Waals surface area contributed by atoms with E-state index in [0.717, 1.165) is 0 Å². The van der Waals surface area contributed by atoms with E-state index in [1.807, 2.05) is 0 Å². The van der Waals surface area contributed by atoms with E-state index < -0.39 is 32.5 Å². The van der Waals surface area contributed by atoms with Crippen molar-refractivity contribution in [1.82, 2.24) is 4.90 Å². The van der Waals surface area contributed by atoms with Gasteiger partial charge in [-0.2, -0.15) is 18.4 Å². The predicted octanol–water partition coefficient (Wildman–Crippen LogP) is 4.23. The van der Waals surface area contributed by atoms with Crippen molar-refractivity contribution in [3.63, 3.8) is 0 Å². The summed E-state index contributed by atoms with van der Waals surface area (Å²) in [5, 5.41) is 8.83. The summed E-state index contributed by atoms with van der Waals surface area (Å²) in [6, 6.07) is 12.8. The molecule has 0 heterocycles. The molecule has 0 atom stereocenters. The number of methoxy groups -OCH3 is 2. The average molecular weight is 458 g/mol. The van der Waals surface area contributed by atoms with Crippen LogP contribution in [0.4, 0.5) is 13.2 Å². The molecule has 0 unspecified atom stereocenters. The van der Waals surface area contributed by atoms with Crippen LogP contribution in [0.3, 0.4) is 0 Å². The second-order valence-corrected chi connectivity index (χ2v) is 7.81. The average Bonchev–Trinajstić information content (AvgIpc) is 2.73. The highest BCUT2D eigenvalue weighted by atomic mass is 31.2. The van der Waals surface area contributed by atoms with E-state index in [1.165, 1.54) is 68.8 Å². The zero-order valence-electron chi connectivity index (χ0n) is 16.5. The quantitative estimate of drug-likeness (QED) is 0.410. The highest BCUT2D eigenvalue weighted by Gasteiger charge is 2.45. The van der Waals surface area contributed by atoms with Crippen LogP contribution in [0.15, 0.2) is 48.5 Å². The van der Waals surface area contributed by atoms with Gasteiger partial charge >= 0.3 is 19.7 Å². The molecular weight excluding hydrogens is 440 g/mol. The topological polar surface area (TPSA) is 98.1 Å². The standard InChI is InChI=1S/C19H18F3N2O6P/c1-27-14-3-7-16(8-4-14)29-31(26,30-17-9-5-15(28-2)6-10-17)13-24(12-11-23)18(25)19(20,21)22/h3-10H,12-13H2,1-2H3. The van der Waals surface area contributed by atoms with Crippen molar-refractivity contribution in [2.75, 3.05) is 27.1 Å². The first-order valence-electron chi connectivity index (χ1n) is 8.59. The van der Waals surface area contributed by atoms with Crippen LogP contribution in [-0.4, -0.2) is 44.0 Å². The van der Waals surface area contributed by atoms with Gasteiger partial charge in [0.2, 0.25) is 0 Å². The number of rotatable bonds is 9. The maximum atomic E-state index is 13.4. The second kappa shape index (κ2) is 10.1. The minimum absolute atomic E-state index is 0.00555. The zero-order chi connectivity index (χ0) is 23.1. The number of amides is 1. The Morgan fingerprint density at radius 2 is 1.32 bits per heavy atom. The maximum Gasteiger partial charge on any atom is 0.471 e. The number of benzene rings is 2. The molecule has 0 radical (unpaired) electrons. The molecule has 0 spiro atoms. The summed E-state index contributed by atoms with van der Waals surface area (Å²) in [6.45, 7) is -0.972. The van der Waals surface area contributed by atoms with Crippen molar-refractivity contribution in [3.8, 4) is 29.1 Å². The van der Waals surface area contributed by atoms with Crippen LogP contribution in [0.5, 0.6) is 23.0 Å². The third-order valence-electron chi connectivity index (χ3n) is 3.74. The van der Waals surface area contributed by atoms with Gasteiger partial charge in [0, 0.05) is 0 Å². The van der Waals surface area contributed by atoms with E-state index in [4.69, 9.17) is 23.8 Å². The Hall–Kier alpha value is -3.38. The van der Waals surface area contributed by atoms with Crippen molar-refractivity contribution in [3.05, 3.63) is 48.5 Å². The van der Waals surface area contributed by atoms with Crippen LogP contribution in [0.1, 0.15) is 0 Å². The third-order valence-corrected chi connectivity index (χ3v) is 5.41. The van der Waals surface area contributed by atoms with E-state index in [-0.39, 0.29) is 16.4 Å². The Kier molecular flexibility index (Phi) is 7.78. The van der Waals surface area contributed by atoms with Crippen LogP contribution in [-0.2, 0) is 9.36 Å². The number of carbonyl (C=O) groups is 1. The summed E-state index contributed by atoms with van der Waals surface area (Å²) in [5.41, 5.74) is 0. The van der Waals surface area contributed by atoms with Gasteiger partial charge in [0.1, 0.15) is 35.8 Å². The number of hydrogen-bond acceptors (Lipinski definition) is 7. The molecule has 2 aromatic carbocycles. The monoisotopic (exact) mass is 458 g/mol. The van der Waals surface area contributed by atoms with Gasteiger partial charge in [-0.05, 0) is 48.5 Å². The Morgan fingerprint density at radius 1 is 0.935 bits per heavy atom. The summed E-state index contributed by atoms with van der Waals surface area (Å²) >= 11 is 0. The van der Waals surface area contributed by atoms with Gasteiger partial charge in [-0.15, -0.1) is 0 Å². The van der Waals surface area contributed by atoms with E-state index >= 15 is 0 Å². The number of nitriles is 1. The Labute approximate surface area is 176 Å². The predicted molar refractivity (Wildman–Crippen MR) is 103 cm³/mol. The first-order chi connectivity index (χ1) is 14.6. The highest BCUT2D eigenvalue weighted by molar-refractivity contribution is 7.54. The number of hydrogen-bond donors (Lipinski definition) is 0. The summed E-state index contributed by atoms with van der Waals surface area (Å²) < 4.78 is 72.9. The fraction of sp³-hybridized carbons (Fsp3) is 0.263. The van der Waals surface area contributed by atoms with E-state index in [9.17, 15) is 22.5 Å². The van der Waals surface area contributed by atoms with Crippen LogP contribution in [0.25, 0.3) is 0 Å². The zero-order valence-corrected chi connectivity index (χ0v) is 17.4. The molecule has 0 N–H and O–H groups in total. The number of nitrogens with zero attached hydrogens (tertiary/aromatic N) is 2. The van der Waals surface area contributed by atoms with Crippen LogP contribution in [0, 0.1) is 11.3 Å². The van der Waals surface area contributed by atoms with E-state index in [1.54, 1.807) is 0 Å². The fourth-order valence-electron chi connectivity index (χ4n) is 2.33. The van der Waals surface area contributed by atoms with Gasteiger partial charge in [-0.25, -0.2) is 4.57 Å². The Bertz CT molecular complexity index is 921. The highest BCUT2D eigenvalue weighted by Crippen LogP contribution is 2.49. The van der Waals surface area contributed by atoms with Gasteiger partial charge in [-0.1, -0.05) is 0 Å². The van der Waals surface area contributed by atoms with Crippen molar-refractivity contribution >= 4 is 13.5 Å². The molecule has 0 saturated carbocycles. The first kappa shape index (κ1) is 23.9. The number of halogens is 3. The number of carbonyl (C=O) groups excluding carboxylic acids is 1. The summed E-state index contributed by atoms with van der Waals surface area (Å²) in [4.78, 5) is 11.8. The molecule has 0 aliphatic heterocycles. The van der Waals surface area contributed by atoms with Gasteiger partial charge in [0.15, 0.2) is 0 Å². The van der Waals surface area contributed by atoms with Gasteiger partial charge < -0.3 is 23.4 Å². The van der Waals surface area contributed by atoms with E-state index in [2.05, 4.69) is 0 Å². The lowest BCUT2D eigenvalue weighted by Gasteiger charge is -2.26. The SMILES string of the molecule is COc1ccc(OP(=O)(CN(CC#N)C(=O)C(F)(F)F)Oc2ccc(OC)cc2)cc1. The van der Waals surface area contributed by atoms with Crippen LogP contribution >= 0.6 is 7.60 Å². The molecule has 31 heavy (non-hydrogen) atoms. The van der Waals surface area contributed by atoms with Gasteiger partial charge in [0.05, 0.1) is 20.3 Å². The minimum Gasteiger partial charge on any atom is -0.497 e. The summed E-state index contributed by atoms with van der Waals surface area (Å²) in [7, 11) is -1.59. The minimum atomic E-state index is -5.28. The largest absolute Gasteiger partial charge is 0.497 e. The number of alkyl halides is 3. The smallest absolute Gasteiger partial charge is 0.471 e. The third kappa shape index (κ3) is 6.83. The molecule has 1 amide bonds. The second-order valence-electron chi connectivity index (χ2n) is 5.94. The molecule has 0 bridgehead atoms. The van der Waals surface area contributed by atoms with Crippen molar-refractivity contribution in [2.24, 2.45) is 0 Å². The van der Waals surface area contributed by atoms with Crippen molar-refractivity contribution < 1.29 is 41.1 Å². The number of ether oxygens (including phenoxy) is 2. The molecule has 0 aromatic heterocycles. The van der Waals surface area contributed by atoms with Crippen LogP contribution < -0.4 is 18.5 Å². The van der Waals surface area contributed by atoms with Crippen molar-refractivity contribution in [2.45, 2.75) is 6.18 Å². The van der Waals surface area contributed by atoms with Gasteiger partial charge in [-0.3, -0.25) is 4.79 Å². The van der Waals surface area contributed by atoms with E-state index in [0.29, 0.717) is 11.5 Å². The molecule has 0 saturated heterocycles. The Morgan fingerprint density at radius 3 is 1.65 bits per heavy atom. The molecule has 0 aliphatic carbocycles. The lowest BCUT2D eigenvalue weighted by molar-refractivity contribution is -0.184. The Balaban J connectivity index is 2.37. The lowest BCUT2D eigenvalue weighted by Crippen LogP contribution is -2.42. The molecular formula is C19H18F3N2O6P. The summed E-state index contributed by atoms with van der Waals surface area (Å²) in [6.07, 6.45) is -6.39. The fourth-order valence-corrected chi connectivity index (χ4v) is 4.02. The molecule has 166 valence electrons. The summed E-state index contributed by atoms with van der Waals surface area (Å²) in [5.74, 6) is -1.44. The normalized spacial score (nSPS) is 11.2. The molecule has 8 nitrogen and oxygen atoms in total. The van der Waals surface area contributed by atoms with Crippen molar-refractivity contribution in [1.29, 1.82) is 5.26 Å². The molecule has 12 heteroatoms.